The van der Waals surface area contributed by atoms with E-state index in [0.29, 0.717) is 11.5 Å². The van der Waals surface area contributed by atoms with Gasteiger partial charge >= 0.3 is 0 Å². The van der Waals surface area contributed by atoms with Crippen molar-refractivity contribution >= 4 is 0 Å². The summed E-state index contributed by atoms with van der Waals surface area (Å²) < 4.78 is 16.4. The Morgan fingerprint density at radius 2 is 1.47 bits per heavy atom. The molecule has 2 aromatic rings. The number of benzene rings is 2. The van der Waals surface area contributed by atoms with E-state index in [2.05, 4.69) is 13.0 Å². The van der Waals surface area contributed by atoms with Crippen molar-refractivity contribution in [1.82, 2.24) is 0 Å². The van der Waals surface area contributed by atoms with E-state index in [1.807, 2.05) is 31.2 Å². The SMILES string of the molecule is COc1ccc(Oc2ccc(C)cc2C)c(OC)c1. The molecule has 0 heterocycles. The summed E-state index contributed by atoms with van der Waals surface area (Å²) in [6, 6.07) is 11.6. The molecular weight excluding hydrogens is 240 g/mol. The van der Waals surface area contributed by atoms with Crippen molar-refractivity contribution in [2.24, 2.45) is 0 Å². The third-order valence-electron chi connectivity index (χ3n) is 2.92. The first kappa shape index (κ1) is 13.3. The molecular formula is C16H18O3. The molecule has 0 saturated carbocycles. The molecule has 2 rings (SSSR count). The van der Waals surface area contributed by atoms with Crippen LogP contribution >= 0.6 is 0 Å². The highest BCUT2D eigenvalue weighted by Gasteiger charge is 2.09. The van der Waals surface area contributed by atoms with E-state index in [-0.39, 0.29) is 0 Å². The standard InChI is InChI=1S/C16H18O3/c1-11-5-7-14(12(2)9-11)19-15-8-6-13(17-3)10-16(15)18-4/h5-10H,1-4H3. The molecule has 0 amide bonds. The van der Waals surface area contributed by atoms with Crippen LogP contribution in [0.1, 0.15) is 11.1 Å². The van der Waals surface area contributed by atoms with Crippen LogP contribution in [0.4, 0.5) is 0 Å². The monoisotopic (exact) mass is 258 g/mol. The lowest BCUT2D eigenvalue weighted by atomic mass is 10.1. The molecule has 3 nitrogen and oxygen atoms in total. The van der Waals surface area contributed by atoms with Gasteiger partial charge in [0.05, 0.1) is 14.2 Å². The summed E-state index contributed by atoms with van der Waals surface area (Å²) in [4.78, 5) is 0. The van der Waals surface area contributed by atoms with E-state index in [9.17, 15) is 0 Å². The molecule has 0 unspecified atom stereocenters. The Labute approximate surface area is 113 Å². The molecule has 0 radical (unpaired) electrons. The number of ether oxygens (including phenoxy) is 3. The Kier molecular flexibility index (Phi) is 3.95. The number of methoxy groups -OCH3 is 2. The molecule has 0 spiro atoms. The van der Waals surface area contributed by atoms with Crippen molar-refractivity contribution in [2.75, 3.05) is 14.2 Å². The minimum Gasteiger partial charge on any atom is -0.497 e. The summed E-state index contributed by atoms with van der Waals surface area (Å²) in [7, 11) is 3.24. The van der Waals surface area contributed by atoms with E-state index in [1.165, 1.54) is 5.56 Å². The quantitative estimate of drug-likeness (QED) is 0.825. The minimum absolute atomic E-state index is 0.652. The molecule has 100 valence electrons. The molecule has 0 N–H and O–H groups in total. The molecule has 0 aliphatic carbocycles. The van der Waals surface area contributed by atoms with Gasteiger partial charge in [-0.15, -0.1) is 0 Å². The zero-order chi connectivity index (χ0) is 13.8. The second-order valence-electron chi connectivity index (χ2n) is 4.39. The van der Waals surface area contributed by atoms with Gasteiger partial charge in [-0.05, 0) is 37.6 Å². The lowest BCUT2D eigenvalue weighted by Crippen LogP contribution is -1.93. The molecule has 0 bridgehead atoms. The van der Waals surface area contributed by atoms with Crippen LogP contribution in [0.15, 0.2) is 36.4 Å². The smallest absolute Gasteiger partial charge is 0.169 e. The summed E-state index contributed by atoms with van der Waals surface area (Å²) in [6.45, 7) is 4.09. The maximum Gasteiger partial charge on any atom is 0.169 e. The molecule has 0 aromatic heterocycles. The van der Waals surface area contributed by atoms with Crippen LogP contribution in [0.2, 0.25) is 0 Å². The van der Waals surface area contributed by atoms with E-state index < -0.39 is 0 Å². The van der Waals surface area contributed by atoms with Crippen LogP contribution in [0, 0.1) is 13.8 Å². The Morgan fingerprint density at radius 1 is 0.737 bits per heavy atom. The third-order valence-corrected chi connectivity index (χ3v) is 2.92. The number of aryl methyl sites for hydroxylation is 2. The van der Waals surface area contributed by atoms with Gasteiger partial charge < -0.3 is 14.2 Å². The fraction of sp³-hybridized carbons (Fsp3) is 0.250. The lowest BCUT2D eigenvalue weighted by molar-refractivity contribution is 0.368. The van der Waals surface area contributed by atoms with Crippen molar-refractivity contribution in [1.29, 1.82) is 0 Å². The first-order valence-electron chi connectivity index (χ1n) is 6.11. The zero-order valence-corrected chi connectivity index (χ0v) is 11.7. The molecule has 0 saturated heterocycles. The Hall–Kier alpha value is -2.16. The van der Waals surface area contributed by atoms with Gasteiger partial charge in [-0.1, -0.05) is 17.7 Å². The molecule has 3 heteroatoms. The highest BCUT2D eigenvalue weighted by atomic mass is 16.5. The van der Waals surface area contributed by atoms with Crippen LogP contribution in [-0.4, -0.2) is 14.2 Å². The van der Waals surface area contributed by atoms with E-state index in [1.54, 1.807) is 20.3 Å². The Morgan fingerprint density at radius 3 is 2.11 bits per heavy atom. The summed E-state index contributed by atoms with van der Waals surface area (Å²) in [5.74, 6) is 2.90. The van der Waals surface area contributed by atoms with Crippen LogP contribution in [-0.2, 0) is 0 Å². The van der Waals surface area contributed by atoms with Gasteiger partial charge in [-0.25, -0.2) is 0 Å². The number of rotatable bonds is 4. The van der Waals surface area contributed by atoms with E-state index in [0.717, 1.165) is 17.1 Å². The third kappa shape index (κ3) is 2.99. The molecule has 0 fully saturated rings. The predicted molar refractivity (Wildman–Crippen MR) is 75.5 cm³/mol. The maximum absolute atomic E-state index is 5.91. The fourth-order valence-corrected chi connectivity index (χ4v) is 1.89. The summed E-state index contributed by atoms with van der Waals surface area (Å²) in [5.41, 5.74) is 2.31. The zero-order valence-electron chi connectivity index (χ0n) is 11.7. The first-order valence-corrected chi connectivity index (χ1v) is 6.11. The van der Waals surface area contributed by atoms with Crippen molar-refractivity contribution in [3.8, 4) is 23.0 Å². The highest BCUT2D eigenvalue weighted by Crippen LogP contribution is 2.35. The number of hydrogen-bond acceptors (Lipinski definition) is 3. The average molecular weight is 258 g/mol. The minimum atomic E-state index is 0.652. The molecule has 2 aromatic carbocycles. The largest absolute Gasteiger partial charge is 0.497 e. The average Bonchev–Trinajstić information content (AvgIpc) is 2.42. The topological polar surface area (TPSA) is 27.7 Å². The van der Waals surface area contributed by atoms with Gasteiger partial charge in [0.1, 0.15) is 11.5 Å². The summed E-state index contributed by atoms with van der Waals surface area (Å²) in [5, 5.41) is 0. The van der Waals surface area contributed by atoms with E-state index in [4.69, 9.17) is 14.2 Å². The van der Waals surface area contributed by atoms with Gasteiger partial charge in [0, 0.05) is 6.07 Å². The summed E-state index contributed by atoms with van der Waals surface area (Å²) >= 11 is 0. The van der Waals surface area contributed by atoms with Crippen LogP contribution in [0.3, 0.4) is 0 Å². The molecule has 0 atom stereocenters. The van der Waals surface area contributed by atoms with Crippen LogP contribution < -0.4 is 14.2 Å². The van der Waals surface area contributed by atoms with Crippen molar-refractivity contribution in [3.63, 3.8) is 0 Å². The van der Waals surface area contributed by atoms with Gasteiger partial charge in [0.2, 0.25) is 0 Å². The molecule has 19 heavy (non-hydrogen) atoms. The van der Waals surface area contributed by atoms with Crippen LogP contribution in [0.25, 0.3) is 0 Å². The van der Waals surface area contributed by atoms with Crippen molar-refractivity contribution in [2.45, 2.75) is 13.8 Å². The lowest BCUT2D eigenvalue weighted by Gasteiger charge is -2.13. The number of hydrogen-bond donors (Lipinski definition) is 0. The Bertz CT molecular complexity index is 576. The van der Waals surface area contributed by atoms with Gasteiger partial charge in [-0.3, -0.25) is 0 Å². The van der Waals surface area contributed by atoms with Gasteiger partial charge in [0.25, 0.3) is 0 Å². The molecule has 0 aliphatic heterocycles. The maximum atomic E-state index is 5.91. The Balaban J connectivity index is 2.32. The summed E-state index contributed by atoms with van der Waals surface area (Å²) in [6.07, 6.45) is 0. The van der Waals surface area contributed by atoms with Crippen molar-refractivity contribution < 1.29 is 14.2 Å². The highest BCUT2D eigenvalue weighted by molar-refractivity contribution is 5.49. The van der Waals surface area contributed by atoms with Crippen molar-refractivity contribution in [3.05, 3.63) is 47.5 Å². The second kappa shape index (κ2) is 5.65. The van der Waals surface area contributed by atoms with Gasteiger partial charge in [-0.2, -0.15) is 0 Å². The normalized spacial score (nSPS) is 10.1. The van der Waals surface area contributed by atoms with Gasteiger partial charge in [0.15, 0.2) is 11.5 Å². The second-order valence-corrected chi connectivity index (χ2v) is 4.39. The van der Waals surface area contributed by atoms with E-state index >= 15 is 0 Å². The molecule has 0 aliphatic rings. The van der Waals surface area contributed by atoms with Crippen LogP contribution in [0.5, 0.6) is 23.0 Å². The first-order chi connectivity index (χ1) is 9.13. The fourth-order valence-electron chi connectivity index (χ4n) is 1.89. The predicted octanol–water partition coefficient (Wildman–Crippen LogP) is 4.11.